The molecule has 1 amide bonds. The Morgan fingerprint density at radius 2 is 1.72 bits per heavy atom. The number of anilines is 3. The van der Waals surface area contributed by atoms with Crippen LogP contribution >= 0.6 is 0 Å². The third-order valence-corrected chi connectivity index (χ3v) is 6.10. The number of rotatable bonds is 7. The lowest BCUT2D eigenvalue weighted by atomic mass is 9.77. The number of halogens is 4. The monoisotopic (exact) mass is 506 g/mol. The van der Waals surface area contributed by atoms with Gasteiger partial charge < -0.3 is 20.2 Å². The molecule has 0 spiro atoms. The van der Waals surface area contributed by atoms with E-state index in [1.807, 2.05) is 12.1 Å². The molecule has 3 aromatic rings. The van der Waals surface area contributed by atoms with Gasteiger partial charge >= 0.3 is 30.0 Å². The van der Waals surface area contributed by atoms with E-state index in [9.17, 15) is 27.2 Å². The van der Waals surface area contributed by atoms with Crippen LogP contribution in [0, 0.1) is 11.7 Å². The van der Waals surface area contributed by atoms with E-state index in [4.69, 9.17) is 9.52 Å². The molecule has 1 aromatic heterocycles. The first-order valence-electron chi connectivity index (χ1n) is 11.2. The summed E-state index contributed by atoms with van der Waals surface area (Å²) in [6, 6.07) is 8.76. The van der Waals surface area contributed by atoms with Crippen molar-refractivity contribution in [2.45, 2.75) is 44.2 Å². The summed E-state index contributed by atoms with van der Waals surface area (Å²) in [6.45, 7) is 0. The minimum absolute atomic E-state index is 0.192. The minimum atomic E-state index is -4.82. The molecule has 0 unspecified atom stereocenters. The topological polar surface area (TPSA) is 117 Å². The van der Waals surface area contributed by atoms with Crippen molar-refractivity contribution in [1.29, 1.82) is 0 Å². The normalized spacial score (nSPS) is 18.0. The van der Waals surface area contributed by atoms with E-state index in [1.165, 1.54) is 0 Å². The molecule has 8 nitrogen and oxygen atoms in total. The SMILES string of the molecule is O=C(O)CC1CCC(c2ccc(NC(=O)c3nnc(Nc4ccc(F)cc4C(F)(F)F)o3)cc2)CC1. The molecule has 1 aliphatic rings. The maximum atomic E-state index is 13.3. The maximum Gasteiger partial charge on any atom is 0.418 e. The van der Waals surface area contributed by atoms with E-state index in [1.54, 1.807) is 12.1 Å². The van der Waals surface area contributed by atoms with Crippen LogP contribution in [0.25, 0.3) is 0 Å². The minimum Gasteiger partial charge on any atom is -0.481 e. The molecule has 0 atom stereocenters. The van der Waals surface area contributed by atoms with Crippen LogP contribution in [0.2, 0.25) is 0 Å². The molecule has 1 heterocycles. The first kappa shape index (κ1) is 25.1. The number of hydrogen-bond donors (Lipinski definition) is 3. The molecule has 1 aliphatic carbocycles. The lowest BCUT2D eigenvalue weighted by Gasteiger charge is -2.28. The summed E-state index contributed by atoms with van der Waals surface area (Å²) in [5, 5.41) is 20.9. The Labute approximate surface area is 202 Å². The number of nitrogens with one attached hydrogen (secondary N) is 2. The largest absolute Gasteiger partial charge is 0.481 e. The van der Waals surface area contributed by atoms with Crippen LogP contribution in [0.1, 0.15) is 59.8 Å². The number of benzene rings is 2. The first-order valence-corrected chi connectivity index (χ1v) is 11.2. The molecule has 36 heavy (non-hydrogen) atoms. The van der Waals surface area contributed by atoms with E-state index in [2.05, 4.69) is 20.8 Å². The summed E-state index contributed by atoms with van der Waals surface area (Å²) >= 11 is 0. The summed E-state index contributed by atoms with van der Waals surface area (Å²) in [6.07, 6.45) is -1.14. The average molecular weight is 506 g/mol. The second-order valence-corrected chi connectivity index (χ2v) is 8.62. The highest BCUT2D eigenvalue weighted by Crippen LogP contribution is 2.38. The van der Waals surface area contributed by atoms with E-state index in [0.717, 1.165) is 43.4 Å². The average Bonchev–Trinajstić information content (AvgIpc) is 3.29. The molecule has 12 heteroatoms. The maximum absolute atomic E-state index is 13.3. The Bertz CT molecular complexity index is 1240. The Balaban J connectivity index is 1.36. The van der Waals surface area contributed by atoms with Crippen LogP contribution in [0.5, 0.6) is 0 Å². The van der Waals surface area contributed by atoms with Gasteiger partial charge in [-0.05, 0) is 73.4 Å². The number of carbonyl (C=O) groups is 2. The zero-order valence-electron chi connectivity index (χ0n) is 18.8. The highest BCUT2D eigenvalue weighted by Gasteiger charge is 2.34. The molecular weight excluding hydrogens is 484 g/mol. The molecule has 4 rings (SSSR count). The zero-order valence-corrected chi connectivity index (χ0v) is 18.8. The number of carboxylic acids is 1. The van der Waals surface area contributed by atoms with Gasteiger partial charge in [-0.2, -0.15) is 13.2 Å². The smallest absolute Gasteiger partial charge is 0.418 e. The van der Waals surface area contributed by atoms with Crippen molar-refractivity contribution in [2.24, 2.45) is 5.92 Å². The van der Waals surface area contributed by atoms with Crippen LogP contribution in [0.15, 0.2) is 46.9 Å². The van der Waals surface area contributed by atoms with Gasteiger partial charge in [0, 0.05) is 12.1 Å². The van der Waals surface area contributed by atoms with Crippen molar-refractivity contribution in [3.05, 3.63) is 65.3 Å². The molecule has 3 N–H and O–H groups in total. The number of alkyl halides is 3. The molecule has 1 saturated carbocycles. The van der Waals surface area contributed by atoms with E-state index < -0.39 is 47.0 Å². The van der Waals surface area contributed by atoms with Crippen molar-refractivity contribution in [2.75, 3.05) is 10.6 Å². The lowest BCUT2D eigenvalue weighted by molar-refractivity contribution is -0.138. The fourth-order valence-corrected chi connectivity index (χ4v) is 4.31. The van der Waals surface area contributed by atoms with Crippen molar-refractivity contribution < 1.29 is 36.7 Å². The van der Waals surface area contributed by atoms with Crippen LogP contribution in [0.3, 0.4) is 0 Å². The molecule has 2 aromatic carbocycles. The quantitative estimate of drug-likeness (QED) is 0.338. The molecule has 1 fully saturated rings. The molecule has 0 saturated heterocycles. The predicted molar refractivity (Wildman–Crippen MR) is 120 cm³/mol. The van der Waals surface area contributed by atoms with Crippen LogP contribution in [-0.2, 0) is 11.0 Å². The van der Waals surface area contributed by atoms with Gasteiger partial charge in [0.25, 0.3) is 0 Å². The number of carboxylic acid groups (broad SMARTS) is 1. The van der Waals surface area contributed by atoms with Gasteiger partial charge in [0.05, 0.1) is 11.3 Å². The van der Waals surface area contributed by atoms with Gasteiger partial charge in [-0.3, -0.25) is 9.59 Å². The standard InChI is InChI=1S/C24H22F4N4O4/c25-16-7-10-19(18(12-16)24(26,27)28)30-23-32-31-22(36-23)21(35)29-17-8-5-15(6-9-17)14-3-1-13(2-4-14)11-20(33)34/h5-10,12-14H,1-4,11H2,(H,29,35)(H,30,32)(H,33,34). The number of aromatic nitrogens is 2. The predicted octanol–water partition coefficient (Wildman–Crippen LogP) is 5.97. The summed E-state index contributed by atoms with van der Waals surface area (Å²) < 4.78 is 57.9. The van der Waals surface area contributed by atoms with Crippen molar-refractivity contribution in [3.63, 3.8) is 0 Å². The third kappa shape index (κ3) is 6.18. The van der Waals surface area contributed by atoms with E-state index in [0.29, 0.717) is 17.7 Å². The van der Waals surface area contributed by atoms with E-state index >= 15 is 0 Å². The highest BCUT2D eigenvalue weighted by atomic mass is 19.4. The van der Waals surface area contributed by atoms with Gasteiger partial charge in [-0.15, -0.1) is 5.10 Å². The number of carbonyl (C=O) groups excluding carboxylic acids is 1. The van der Waals surface area contributed by atoms with Gasteiger partial charge in [-0.25, -0.2) is 4.39 Å². The molecule has 190 valence electrons. The second-order valence-electron chi connectivity index (χ2n) is 8.62. The molecular formula is C24H22F4N4O4. The lowest BCUT2D eigenvalue weighted by Crippen LogP contribution is -2.16. The van der Waals surface area contributed by atoms with Crippen molar-refractivity contribution >= 4 is 29.3 Å². The highest BCUT2D eigenvalue weighted by molar-refractivity contribution is 6.00. The number of hydrogen-bond acceptors (Lipinski definition) is 6. The van der Waals surface area contributed by atoms with E-state index in [-0.39, 0.29) is 12.3 Å². The number of amides is 1. The summed E-state index contributed by atoms with van der Waals surface area (Å²) in [7, 11) is 0. The van der Waals surface area contributed by atoms with Crippen molar-refractivity contribution in [1.82, 2.24) is 10.2 Å². The van der Waals surface area contributed by atoms with Gasteiger partial charge in [0.2, 0.25) is 0 Å². The molecule has 0 bridgehead atoms. The van der Waals surface area contributed by atoms with Crippen molar-refractivity contribution in [3.8, 4) is 0 Å². The Morgan fingerprint density at radius 3 is 2.36 bits per heavy atom. The van der Waals surface area contributed by atoms with Crippen LogP contribution in [-0.4, -0.2) is 27.2 Å². The van der Waals surface area contributed by atoms with Crippen LogP contribution in [0.4, 0.5) is 35.0 Å². The molecule has 0 radical (unpaired) electrons. The van der Waals surface area contributed by atoms with Crippen LogP contribution < -0.4 is 10.6 Å². The van der Waals surface area contributed by atoms with Gasteiger partial charge in [0.15, 0.2) is 0 Å². The summed E-state index contributed by atoms with van der Waals surface area (Å²) in [5.41, 5.74) is -0.228. The first-order chi connectivity index (χ1) is 17.1. The Kier molecular flexibility index (Phi) is 7.22. The second kappa shape index (κ2) is 10.3. The number of nitrogens with zero attached hydrogens (tertiary/aromatic N) is 2. The summed E-state index contributed by atoms with van der Waals surface area (Å²) in [4.78, 5) is 23.3. The van der Waals surface area contributed by atoms with Gasteiger partial charge in [0.1, 0.15) is 5.82 Å². The Hall–Kier alpha value is -3.96. The number of aliphatic carboxylic acids is 1. The third-order valence-electron chi connectivity index (χ3n) is 6.10. The summed E-state index contributed by atoms with van der Waals surface area (Å²) in [5.74, 6) is -2.55. The fraction of sp³-hybridized carbons (Fsp3) is 0.333. The van der Waals surface area contributed by atoms with Gasteiger partial charge in [-0.1, -0.05) is 17.2 Å². The zero-order chi connectivity index (χ0) is 25.9. The Morgan fingerprint density at radius 1 is 1.03 bits per heavy atom. The fourth-order valence-electron chi connectivity index (χ4n) is 4.31. The molecule has 0 aliphatic heterocycles.